The second kappa shape index (κ2) is 11.2. The molecule has 0 unspecified atom stereocenters. The molecule has 38 heavy (non-hydrogen) atoms. The highest BCUT2D eigenvalue weighted by atomic mass is 35.5. The number of halogens is 1. The Morgan fingerprint density at radius 1 is 0.947 bits per heavy atom. The van der Waals surface area contributed by atoms with Crippen LogP contribution in [0.4, 0.5) is 11.4 Å². The van der Waals surface area contributed by atoms with Crippen LogP contribution in [0.2, 0.25) is 5.02 Å². The van der Waals surface area contributed by atoms with E-state index in [9.17, 15) is 8.42 Å². The Kier molecular flexibility index (Phi) is 7.61. The van der Waals surface area contributed by atoms with Gasteiger partial charge in [-0.1, -0.05) is 48.0 Å². The van der Waals surface area contributed by atoms with Crippen molar-refractivity contribution in [3.8, 4) is 0 Å². The van der Waals surface area contributed by atoms with Crippen molar-refractivity contribution in [2.75, 3.05) is 31.1 Å². The Hall–Kier alpha value is -3.90. The maximum Gasteiger partial charge on any atom is 0.241 e. The van der Waals surface area contributed by atoms with E-state index in [2.05, 4.69) is 51.1 Å². The quantitative estimate of drug-likeness (QED) is 0.218. The van der Waals surface area contributed by atoms with Crippen molar-refractivity contribution in [3.63, 3.8) is 0 Å². The lowest BCUT2D eigenvalue weighted by atomic mass is 10.1. The van der Waals surface area contributed by atoms with Crippen molar-refractivity contribution in [1.82, 2.24) is 13.9 Å². The van der Waals surface area contributed by atoms with E-state index in [1.165, 1.54) is 10.4 Å². The number of hydrogen-bond donors (Lipinski definition) is 0. The van der Waals surface area contributed by atoms with Crippen LogP contribution in [0, 0.1) is 6.57 Å². The molecule has 0 N–H and O–H groups in total. The van der Waals surface area contributed by atoms with Gasteiger partial charge in [0.05, 0.1) is 17.8 Å². The summed E-state index contributed by atoms with van der Waals surface area (Å²) >= 11 is 6.35. The smallest absolute Gasteiger partial charge is 0.241 e. The van der Waals surface area contributed by atoms with E-state index in [1.807, 2.05) is 29.0 Å². The molecule has 9 heteroatoms. The maximum atomic E-state index is 13.0. The van der Waals surface area contributed by atoms with Crippen LogP contribution in [0.1, 0.15) is 16.7 Å². The number of hydrogen-bond acceptors (Lipinski definition) is 4. The van der Waals surface area contributed by atoms with Gasteiger partial charge in [0.15, 0.2) is 5.69 Å². The predicted octanol–water partition coefficient (Wildman–Crippen LogP) is 5.82. The molecule has 0 atom stereocenters. The second-order valence-corrected chi connectivity index (χ2v) is 11.4. The first-order chi connectivity index (χ1) is 18.4. The molecule has 1 aliphatic heterocycles. The van der Waals surface area contributed by atoms with E-state index in [-0.39, 0.29) is 4.90 Å². The monoisotopic (exact) mass is 543 g/mol. The minimum atomic E-state index is -3.62. The van der Waals surface area contributed by atoms with Gasteiger partial charge in [0.1, 0.15) is 0 Å². The third kappa shape index (κ3) is 5.97. The number of rotatable bonds is 7. The van der Waals surface area contributed by atoms with E-state index in [0.29, 0.717) is 43.4 Å². The first-order valence-corrected chi connectivity index (χ1v) is 14.0. The standard InChI is InChI=1S/C29H26ClN5O2S/c1-31-27-3-2-4-29(20-27)38(36,37)35-15-13-34(14-16-35)28-9-7-23(8-10-28)5-6-24-17-25(19-26(30)18-24)21-33-12-11-32-22-33/h2-12,17-20,22H,13-16,21H2/b6-5+. The van der Waals surface area contributed by atoms with E-state index in [4.69, 9.17) is 18.2 Å². The first kappa shape index (κ1) is 25.7. The average Bonchev–Trinajstić information content (AvgIpc) is 3.45. The lowest BCUT2D eigenvalue weighted by Crippen LogP contribution is -2.48. The Morgan fingerprint density at radius 3 is 2.42 bits per heavy atom. The first-order valence-electron chi connectivity index (χ1n) is 12.2. The van der Waals surface area contributed by atoms with Crippen molar-refractivity contribution in [2.45, 2.75) is 11.4 Å². The summed E-state index contributed by atoms with van der Waals surface area (Å²) in [6, 6.07) is 20.5. The van der Waals surface area contributed by atoms with Crippen LogP contribution < -0.4 is 4.90 Å². The minimum absolute atomic E-state index is 0.171. The summed E-state index contributed by atoms with van der Waals surface area (Å²) in [5.74, 6) is 0. The number of nitrogens with zero attached hydrogens (tertiary/aromatic N) is 5. The second-order valence-electron chi connectivity index (χ2n) is 9.05. The molecule has 4 aromatic rings. The van der Waals surface area contributed by atoms with E-state index < -0.39 is 10.0 Å². The summed E-state index contributed by atoms with van der Waals surface area (Å²) < 4.78 is 29.6. The number of aromatic nitrogens is 2. The Bertz CT molecular complexity index is 1580. The topological polar surface area (TPSA) is 62.8 Å². The van der Waals surface area contributed by atoms with Crippen LogP contribution in [0.5, 0.6) is 0 Å². The summed E-state index contributed by atoms with van der Waals surface area (Å²) in [5, 5.41) is 0.692. The largest absolute Gasteiger partial charge is 0.369 e. The molecule has 0 radical (unpaired) electrons. The van der Waals surface area contributed by atoms with Crippen molar-refractivity contribution in [3.05, 3.63) is 119 Å². The summed E-state index contributed by atoms with van der Waals surface area (Å²) in [7, 11) is -3.62. The highest BCUT2D eigenvalue weighted by molar-refractivity contribution is 7.89. The zero-order chi connectivity index (χ0) is 26.5. The van der Waals surface area contributed by atoms with Gasteiger partial charge in [-0.05, 0) is 59.2 Å². The van der Waals surface area contributed by atoms with Crippen molar-refractivity contribution in [2.24, 2.45) is 0 Å². The molecular weight excluding hydrogens is 518 g/mol. The lowest BCUT2D eigenvalue weighted by Gasteiger charge is -2.35. The van der Waals surface area contributed by atoms with Crippen molar-refractivity contribution < 1.29 is 8.42 Å². The summed E-state index contributed by atoms with van der Waals surface area (Å²) in [6.07, 6.45) is 9.57. The molecule has 0 aliphatic carbocycles. The SMILES string of the molecule is [C-]#[N+]c1cccc(S(=O)(=O)N2CCN(c3ccc(/C=C/c4cc(Cl)cc(Cn5ccnc5)c4)cc3)CC2)c1. The van der Waals surface area contributed by atoms with Gasteiger partial charge in [-0.2, -0.15) is 4.31 Å². The summed E-state index contributed by atoms with van der Waals surface area (Å²) in [5.41, 5.74) is 4.57. The zero-order valence-corrected chi connectivity index (χ0v) is 22.2. The Morgan fingerprint density at radius 2 is 1.71 bits per heavy atom. The Labute approximate surface area is 228 Å². The molecule has 192 valence electrons. The molecule has 0 amide bonds. The molecule has 3 aromatic carbocycles. The van der Waals surface area contributed by atoms with Gasteiger partial charge in [0.25, 0.3) is 0 Å². The summed E-state index contributed by atoms with van der Waals surface area (Å²) in [6.45, 7) is 9.82. The van der Waals surface area contributed by atoms with Gasteiger partial charge >= 0.3 is 0 Å². The van der Waals surface area contributed by atoms with Gasteiger partial charge in [-0.3, -0.25) is 0 Å². The molecule has 0 spiro atoms. The van der Waals surface area contributed by atoms with Crippen LogP contribution in [0.15, 0.2) is 90.3 Å². The van der Waals surface area contributed by atoms with Crippen LogP contribution in [-0.4, -0.2) is 48.5 Å². The zero-order valence-electron chi connectivity index (χ0n) is 20.6. The van der Waals surface area contributed by atoms with E-state index in [0.717, 1.165) is 22.4 Å². The average molecular weight is 544 g/mol. The third-order valence-electron chi connectivity index (χ3n) is 6.45. The van der Waals surface area contributed by atoms with Gasteiger partial charge < -0.3 is 9.47 Å². The van der Waals surface area contributed by atoms with Crippen LogP contribution in [0.3, 0.4) is 0 Å². The molecule has 1 saturated heterocycles. The molecule has 0 bridgehead atoms. The molecule has 7 nitrogen and oxygen atoms in total. The predicted molar refractivity (Wildman–Crippen MR) is 152 cm³/mol. The van der Waals surface area contributed by atoms with Crippen molar-refractivity contribution >= 4 is 45.2 Å². The molecule has 5 rings (SSSR count). The third-order valence-corrected chi connectivity index (χ3v) is 8.57. The molecule has 1 fully saturated rings. The van der Waals surface area contributed by atoms with E-state index in [1.54, 1.807) is 30.7 Å². The van der Waals surface area contributed by atoms with Gasteiger partial charge in [-0.25, -0.2) is 18.2 Å². The van der Waals surface area contributed by atoms with Gasteiger partial charge in [0.2, 0.25) is 10.0 Å². The maximum absolute atomic E-state index is 13.0. The number of sulfonamides is 1. The Balaban J connectivity index is 1.21. The molecule has 0 saturated carbocycles. The van der Waals surface area contributed by atoms with Crippen LogP contribution >= 0.6 is 11.6 Å². The molecule has 1 aliphatic rings. The fraction of sp³-hybridized carbons (Fsp3) is 0.172. The molecular formula is C29H26ClN5O2S. The fourth-order valence-electron chi connectivity index (χ4n) is 4.49. The fourth-order valence-corrected chi connectivity index (χ4v) is 6.22. The number of anilines is 1. The summed E-state index contributed by atoms with van der Waals surface area (Å²) in [4.78, 5) is 9.79. The number of piperazine rings is 1. The normalized spacial score (nSPS) is 14.6. The highest BCUT2D eigenvalue weighted by Gasteiger charge is 2.28. The van der Waals surface area contributed by atoms with Crippen LogP contribution in [0.25, 0.3) is 17.0 Å². The molecule has 1 aromatic heterocycles. The van der Waals surface area contributed by atoms with Crippen LogP contribution in [-0.2, 0) is 16.6 Å². The number of benzene rings is 3. The van der Waals surface area contributed by atoms with E-state index >= 15 is 0 Å². The van der Waals surface area contributed by atoms with Gasteiger partial charge in [-0.15, -0.1) is 0 Å². The minimum Gasteiger partial charge on any atom is -0.369 e. The lowest BCUT2D eigenvalue weighted by molar-refractivity contribution is 0.385. The number of imidazole rings is 1. The molecule has 2 heterocycles. The highest BCUT2D eigenvalue weighted by Crippen LogP contribution is 2.25. The van der Waals surface area contributed by atoms with Gasteiger partial charge in [0, 0.05) is 55.8 Å². The van der Waals surface area contributed by atoms with Crippen molar-refractivity contribution in [1.29, 1.82) is 0 Å².